The van der Waals surface area contributed by atoms with Gasteiger partial charge in [-0.25, -0.2) is 0 Å². The molecule has 0 bridgehead atoms. The number of hydrogen-bond donors (Lipinski definition) is 3. The average Bonchev–Trinajstić information content (AvgIpc) is 1.65. The summed E-state index contributed by atoms with van der Waals surface area (Å²) >= 11 is 10.1. The number of alkyl halides is 2. The molecule has 8 heavy (non-hydrogen) atoms. The largest absolute Gasteiger partial charge is 0.328 e. The fourth-order valence-corrected chi connectivity index (χ4v) is 0. The Balaban J connectivity index is 0. The molecule has 0 radical (unpaired) electrons. The Hall–Kier alpha value is 0.890. The second kappa shape index (κ2) is 10.8. The smallest absolute Gasteiger partial charge is 0.324 e. The van der Waals surface area contributed by atoms with Crippen LogP contribution in [0, 0.1) is 0 Å². The van der Waals surface area contributed by atoms with Gasteiger partial charge in [0.05, 0.1) is 0 Å². The van der Waals surface area contributed by atoms with Crippen LogP contribution in [0.4, 0.5) is 0 Å². The van der Waals surface area contributed by atoms with Gasteiger partial charge in [0.25, 0.3) is 0 Å². The molecule has 3 nitrogen and oxygen atoms in total. The minimum Gasteiger partial charge on any atom is -0.328 e. The van der Waals surface area contributed by atoms with E-state index >= 15 is 0 Å². The summed E-state index contributed by atoms with van der Waals surface area (Å²) in [5.74, 6) is 1.11. The Labute approximate surface area is 58.9 Å². The van der Waals surface area contributed by atoms with Gasteiger partial charge in [0.1, 0.15) is 0 Å². The predicted octanol–water partition coefficient (Wildman–Crippen LogP) is 0.654. The predicted molar refractivity (Wildman–Crippen MR) is 35.0 cm³/mol. The van der Waals surface area contributed by atoms with E-state index in [2.05, 4.69) is 0 Å². The molecule has 0 aromatic rings. The van der Waals surface area contributed by atoms with Crippen molar-refractivity contribution in [3.05, 3.63) is 0 Å². The van der Waals surface area contributed by atoms with Gasteiger partial charge in [0, 0.05) is 11.8 Å². The molecule has 0 rings (SSSR count). The first-order chi connectivity index (χ1) is 3.65. The Bertz CT molecular complexity index is 31.7. The average molecular weight is 181 g/mol. The molecule has 0 spiro atoms. The van der Waals surface area contributed by atoms with Crippen molar-refractivity contribution in [3.63, 3.8) is 0 Å². The van der Waals surface area contributed by atoms with E-state index in [1.165, 1.54) is 0 Å². The zero-order valence-electron chi connectivity index (χ0n) is 3.96. The van der Waals surface area contributed by atoms with E-state index < -0.39 is 8.60 Å². The molecule has 0 aliphatic heterocycles. The Morgan fingerprint density at radius 1 is 1.00 bits per heavy atom. The molecule has 6 heteroatoms. The fraction of sp³-hybridized carbons (Fsp3) is 1.00. The first-order valence-electron chi connectivity index (χ1n) is 1.63. The molecule has 0 fully saturated rings. The lowest BCUT2D eigenvalue weighted by Crippen LogP contribution is -1.63. The van der Waals surface area contributed by atoms with Gasteiger partial charge in [-0.05, 0) is 0 Å². The molecule has 3 N–H and O–H groups in total. The van der Waals surface area contributed by atoms with Gasteiger partial charge in [0.15, 0.2) is 0 Å². The van der Waals surface area contributed by atoms with Crippen LogP contribution in [0.5, 0.6) is 0 Å². The van der Waals surface area contributed by atoms with Crippen molar-refractivity contribution in [3.8, 4) is 0 Å². The second-order valence-corrected chi connectivity index (χ2v) is 1.94. The number of halogens is 2. The van der Waals surface area contributed by atoms with Gasteiger partial charge < -0.3 is 14.7 Å². The third-order valence-electron chi connectivity index (χ3n) is 0.0714. The molecule has 0 aromatic heterocycles. The van der Waals surface area contributed by atoms with E-state index in [-0.39, 0.29) is 0 Å². The molecule has 0 aromatic carbocycles. The number of hydrogen-bond acceptors (Lipinski definition) is 3. The van der Waals surface area contributed by atoms with Crippen molar-refractivity contribution in [1.29, 1.82) is 0 Å². The van der Waals surface area contributed by atoms with E-state index in [1.807, 2.05) is 0 Å². The highest BCUT2D eigenvalue weighted by molar-refractivity contribution is 7.38. The summed E-state index contributed by atoms with van der Waals surface area (Å²) in [6, 6.07) is 0. The van der Waals surface area contributed by atoms with Gasteiger partial charge >= 0.3 is 8.60 Å². The summed E-state index contributed by atoms with van der Waals surface area (Å²) in [5.41, 5.74) is 0. The topological polar surface area (TPSA) is 60.7 Å². The lowest BCUT2D eigenvalue weighted by Gasteiger charge is -1.76. The maximum absolute atomic E-state index is 7.23. The van der Waals surface area contributed by atoms with Crippen molar-refractivity contribution in [2.45, 2.75) is 0 Å². The van der Waals surface area contributed by atoms with Crippen LogP contribution in [-0.2, 0) is 0 Å². The summed E-state index contributed by atoms with van der Waals surface area (Å²) in [6.45, 7) is 0. The van der Waals surface area contributed by atoms with Crippen molar-refractivity contribution < 1.29 is 14.7 Å². The third-order valence-corrected chi connectivity index (χ3v) is 0.643. The fourth-order valence-electron chi connectivity index (χ4n) is 0. The minimum absolute atomic E-state index is 0.557. The quantitative estimate of drug-likeness (QED) is 0.411. The zero-order chi connectivity index (χ0) is 6.99. The number of rotatable bonds is 1. The maximum atomic E-state index is 7.23. The van der Waals surface area contributed by atoms with Gasteiger partial charge in [-0.1, -0.05) is 0 Å². The Morgan fingerprint density at radius 2 is 1.12 bits per heavy atom. The van der Waals surface area contributed by atoms with Crippen LogP contribution in [-0.4, -0.2) is 26.4 Å². The lowest BCUT2D eigenvalue weighted by molar-refractivity contribution is 0.368. The Kier molecular flexibility index (Phi) is 15.7. The van der Waals surface area contributed by atoms with E-state index in [1.54, 1.807) is 0 Å². The summed E-state index contributed by atoms with van der Waals surface area (Å²) in [4.78, 5) is 21.7. The standard InChI is InChI=1S/C2H4Cl2.H3O3P/c3-1-2-4;1-4(2)3/h1-2H2;1-3H. The molecular weight excluding hydrogens is 174 g/mol. The first-order valence-corrected chi connectivity index (χ1v) is 3.90. The van der Waals surface area contributed by atoms with Crippen molar-refractivity contribution in [2.24, 2.45) is 0 Å². The highest BCUT2D eigenvalue weighted by atomic mass is 35.5. The van der Waals surface area contributed by atoms with Crippen LogP contribution < -0.4 is 0 Å². The molecule has 0 amide bonds. The van der Waals surface area contributed by atoms with Crippen molar-refractivity contribution >= 4 is 31.8 Å². The lowest BCUT2D eigenvalue weighted by atomic mass is 11.0. The van der Waals surface area contributed by atoms with Crippen molar-refractivity contribution in [2.75, 3.05) is 11.8 Å². The molecule has 0 saturated heterocycles. The summed E-state index contributed by atoms with van der Waals surface area (Å²) < 4.78 is 0. The molecule has 52 valence electrons. The van der Waals surface area contributed by atoms with E-state index in [0.717, 1.165) is 0 Å². The normalized spacial score (nSPS) is 8.25. The van der Waals surface area contributed by atoms with Crippen LogP contribution in [0.2, 0.25) is 0 Å². The summed E-state index contributed by atoms with van der Waals surface area (Å²) in [6.07, 6.45) is 0. The molecule has 0 saturated carbocycles. The van der Waals surface area contributed by atoms with Crippen LogP contribution >= 0.6 is 31.8 Å². The monoisotopic (exact) mass is 180 g/mol. The maximum Gasteiger partial charge on any atom is 0.324 e. The van der Waals surface area contributed by atoms with E-state index in [0.29, 0.717) is 11.8 Å². The molecule has 0 aliphatic rings. The second-order valence-electron chi connectivity index (χ2n) is 0.646. The van der Waals surface area contributed by atoms with Gasteiger partial charge in [-0.3, -0.25) is 0 Å². The third kappa shape index (κ3) is 66.9. The first kappa shape index (κ1) is 11.7. The van der Waals surface area contributed by atoms with Crippen LogP contribution in [0.25, 0.3) is 0 Å². The summed E-state index contributed by atoms with van der Waals surface area (Å²) in [5, 5.41) is 0. The minimum atomic E-state index is -2.62. The van der Waals surface area contributed by atoms with E-state index in [4.69, 9.17) is 37.9 Å². The summed E-state index contributed by atoms with van der Waals surface area (Å²) in [7, 11) is -2.62. The highest BCUT2D eigenvalue weighted by Crippen LogP contribution is 2.11. The molecule has 0 heterocycles. The molecular formula is C2H7Cl2O3P. The molecule has 0 atom stereocenters. The molecule has 0 aliphatic carbocycles. The van der Waals surface area contributed by atoms with Crippen molar-refractivity contribution in [1.82, 2.24) is 0 Å². The Morgan fingerprint density at radius 3 is 1.12 bits per heavy atom. The molecule has 0 unspecified atom stereocenters. The van der Waals surface area contributed by atoms with Crippen LogP contribution in [0.3, 0.4) is 0 Å². The SMILES string of the molecule is ClCCCl.OP(O)O. The van der Waals surface area contributed by atoms with Crippen LogP contribution in [0.15, 0.2) is 0 Å². The highest BCUT2D eigenvalue weighted by Gasteiger charge is 1.76. The van der Waals surface area contributed by atoms with Gasteiger partial charge in [0.2, 0.25) is 0 Å². The zero-order valence-corrected chi connectivity index (χ0v) is 6.37. The van der Waals surface area contributed by atoms with Crippen LogP contribution in [0.1, 0.15) is 0 Å². The van der Waals surface area contributed by atoms with E-state index in [9.17, 15) is 0 Å². The van der Waals surface area contributed by atoms with Gasteiger partial charge in [-0.2, -0.15) is 0 Å². The van der Waals surface area contributed by atoms with Gasteiger partial charge in [-0.15, -0.1) is 23.2 Å².